The highest BCUT2D eigenvalue weighted by atomic mass is 19.4. The topological polar surface area (TPSA) is 18.5 Å². The summed E-state index contributed by atoms with van der Waals surface area (Å²) in [4.78, 5) is 0. The van der Waals surface area contributed by atoms with Gasteiger partial charge in [-0.1, -0.05) is 13.0 Å². The lowest BCUT2D eigenvalue weighted by Crippen LogP contribution is -2.41. The predicted molar refractivity (Wildman–Crippen MR) is 74.3 cm³/mol. The summed E-state index contributed by atoms with van der Waals surface area (Å²) in [6.45, 7) is 8.90. The Labute approximate surface area is 124 Å². The van der Waals surface area contributed by atoms with Gasteiger partial charge in [0.05, 0.1) is 11.2 Å². The van der Waals surface area contributed by atoms with E-state index in [0.29, 0.717) is 6.42 Å². The van der Waals surface area contributed by atoms with Crippen LogP contribution in [0.5, 0.6) is 0 Å². The molecule has 1 atom stereocenters. The van der Waals surface area contributed by atoms with Crippen LogP contribution in [0, 0.1) is 5.92 Å². The Morgan fingerprint density at radius 3 is 2.00 bits per heavy atom. The minimum atomic E-state index is -4.22. The molecule has 0 bridgehead atoms. The number of allylic oxidation sites excluding steroid dienone is 1. The van der Waals surface area contributed by atoms with E-state index in [9.17, 15) is 17.6 Å². The molecular weight excluding hydrogens is 287 g/mol. The van der Waals surface area contributed by atoms with Crippen LogP contribution in [0.3, 0.4) is 0 Å². The average Bonchev–Trinajstić information content (AvgIpc) is 2.52. The summed E-state index contributed by atoms with van der Waals surface area (Å²) in [5, 5.41) is 0. The lowest BCUT2D eigenvalue weighted by Gasteiger charge is -2.32. The number of rotatable bonds is 5. The van der Waals surface area contributed by atoms with Gasteiger partial charge in [0.1, 0.15) is 5.73 Å². The van der Waals surface area contributed by atoms with Gasteiger partial charge in [0.25, 0.3) is 0 Å². The van der Waals surface area contributed by atoms with Gasteiger partial charge >= 0.3 is 13.3 Å². The fraction of sp³-hybridized carbons (Fsp3) is 0.857. The molecular formula is C14H23BF4O2. The summed E-state index contributed by atoms with van der Waals surface area (Å²) >= 11 is 0. The Balaban J connectivity index is 2.71. The van der Waals surface area contributed by atoms with E-state index in [1.807, 2.05) is 0 Å². The van der Waals surface area contributed by atoms with E-state index in [-0.39, 0.29) is 6.42 Å². The number of halogens is 4. The molecule has 0 amide bonds. The predicted octanol–water partition coefficient (Wildman–Crippen LogP) is 4.84. The Hall–Kier alpha value is -0.555. The molecule has 1 unspecified atom stereocenters. The number of alkyl halides is 3. The molecule has 2 nitrogen and oxygen atoms in total. The van der Waals surface area contributed by atoms with Crippen LogP contribution in [0.15, 0.2) is 11.8 Å². The first kappa shape index (κ1) is 18.5. The zero-order chi connectivity index (χ0) is 16.5. The van der Waals surface area contributed by atoms with Gasteiger partial charge in [-0.3, -0.25) is 0 Å². The molecule has 0 N–H and O–H groups in total. The minimum Gasteiger partial charge on any atom is -0.398 e. The Bertz CT molecular complexity index is 375. The smallest absolute Gasteiger partial charge is 0.398 e. The monoisotopic (exact) mass is 310 g/mol. The molecule has 1 heterocycles. The summed E-state index contributed by atoms with van der Waals surface area (Å²) in [6.07, 6.45) is -3.63. The van der Waals surface area contributed by atoms with E-state index in [2.05, 4.69) is 0 Å². The maximum atomic E-state index is 14.2. The summed E-state index contributed by atoms with van der Waals surface area (Å²) < 4.78 is 61.9. The fourth-order valence-electron chi connectivity index (χ4n) is 2.01. The van der Waals surface area contributed by atoms with Crippen molar-refractivity contribution in [3.8, 4) is 0 Å². The molecule has 1 rings (SSSR count). The third-order valence-corrected chi connectivity index (χ3v) is 4.20. The first-order valence-corrected chi connectivity index (χ1v) is 7.17. The van der Waals surface area contributed by atoms with Crippen molar-refractivity contribution >= 4 is 7.12 Å². The van der Waals surface area contributed by atoms with Crippen LogP contribution in [-0.2, 0) is 9.31 Å². The fourth-order valence-corrected chi connectivity index (χ4v) is 2.01. The van der Waals surface area contributed by atoms with E-state index in [1.54, 1.807) is 34.6 Å². The Morgan fingerprint density at radius 2 is 1.62 bits per heavy atom. The van der Waals surface area contributed by atoms with Crippen LogP contribution in [0.25, 0.3) is 0 Å². The van der Waals surface area contributed by atoms with Crippen molar-refractivity contribution in [3.63, 3.8) is 0 Å². The van der Waals surface area contributed by atoms with Crippen molar-refractivity contribution in [2.24, 2.45) is 5.92 Å². The molecule has 1 saturated heterocycles. The van der Waals surface area contributed by atoms with Crippen molar-refractivity contribution in [2.75, 3.05) is 0 Å². The zero-order valence-electron chi connectivity index (χ0n) is 13.2. The van der Waals surface area contributed by atoms with E-state index in [0.717, 1.165) is 0 Å². The molecule has 1 fully saturated rings. The van der Waals surface area contributed by atoms with Crippen LogP contribution in [0.4, 0.5) is 17.6 Å². The summed E-state index contributed by atoms with van der Waals surface area (Å²) in [5.74, 6) is -0.481. The van der Waals surface area contributed by atoms with Crippen LogP contribution in [0.2, 0.25) is 0 Å². The zero-order valence-corrected chi connectivity index (χ0v) is 13.2. The molecule has 21 heavy (non-hydrogen) atoms. The summed E-state index contributed by atoms with van der Waals surface area (Å²) in [7, 11) is -1.14. The molecule has 122 valence electrons. The van der Waals surface area contributed by atoms with Gasteiger partial charge in [-0.25, -0.2) is 4.39 Å². The highest BCUT2D eigenvalue weighted by Gasteiger charge is 2.53. The van der Waals surface area contributed by atoms with Crippen LogP contribution in [0.1, 0.15) is 53.9 Å². The van der Waals surface area contributed by atoms with Gasteiger partial charge in [0, 0.05) is 6.42 Å². The molecule has 7 heteroatoms. The molecule has 0 radical (unpaired) electrons. The van der Waals surface area contributed by atoms with Crippen molar-refractivity contribution in [2.45, 2.75) is 71.3 Å². The molecule has 0 saturated carbocycles. The molecule has 0 aromatic rings. The lowest BCUT2D eigenvalue weighted by atomic mass is 9.84. The molecule has 1 aliphatic rings. The van der Waals surface area contributed by atoms with Gasteiger partial charge in [-0.15, -0.1) is 0 Å². The van der Waals surface area contributed by atoms with Gasteiger partial charge in [-0.05, 0) is 46.5 Å². The van der Waals surface area contributed by atoms with Gasteiger partial charge in [0.15, 0.2) is 0 Å². The number of hydrogen-bond donors (Lipinski definition) is 0. The Kier molecular flexibility index (Phi) is 5.53. The van der Waals surface area contributed by atoms with Crippen molar-refractivity contribution < 1.29 is 26.9 Å². The number of hydrogen-bond acceptors (Lipinski definition) is 2. The lowest BCUT2D eigenvalue weighted by molar-refractivity contribution is -0.136. The molecule has 0 spiro atoms. The molecule has 1 aliphatic heterocycles. The largest absolute Gasteiger partial charge is 0.524 e. The van der Waals surface area contributed by atoms with Gasteiger partial charge in [-0.2, -0.15) is 13.2 Å². The molecule has 0 aromatic heterocycles. The highest BCUT2D eigenvalue weighted by molar-refractivity contribution is 6.53. The third-order valence-electron chi connectivity index (χ3n) is 4.20. The second-order valence-corrected chi connectivity index (χ2v) is 6.46. The van der Waals surface area contributed by atoms with E-state index in [1.165, 1.54) is 6.08 Å². The maximum absolute atomic E-state index is 14.2. The van der Waals surface area contributed by atoms with Crippen LogP contribution >= 0.6 is 0 Å². The standard InChI is InChI=1S/C14H23BF4O2/c1-6-10(7-8-14(17,18)19)9-11(16)15-20-12(2,3)13(4,5)21-15/h9-10H,6-8H2,1-5H3. The van der Waals surface area contributed by atoms with Crippen LogP contribution < -0.4 is 0 Å². The second kappa shape index (κ2) is 6.28. The third kappa shape index (κ3) is 4.99. The van der Waals surface area contributed by atoms with E-state index in [4.69, 9.17) is 9.31 Å². The van der Waals surface area contributed by atoms with Crippen molar-refractivity contribution in [3.05, 3.63) is 11.8 Å². The van der Waals surface area contributed by atoms with Gasteiger partial charge < -0.3 is 9.31 Å². The van der Waals surface area contributed by atoms with Crippen molar-refractivity contribution in [1.82, 2.24) is 0 Å². The molecule has 0 aromatic carbocycles. The highest BCUT2D eigenvalue weighted by Crippen LogP contribution is 2.39. The summed E-state index contributed by atoms with van der Waals surface area (Å²) in [5.41, 5.74) is -1.99. The Morgan fingerprint density at radius 1 is 1.14 bits per heavy atom. The average molecular weight is 310 g/mol. The maximum Gasteiger partial charge on any atom is 0.524 e. The van der Waals surface area contributed by atoms with Crippen molar-refractivity contribution in [1.29, 1.82) is 0 Å². The summed E-state index contributed by atoms with van der Waals surface area (Å²) in [6, 6.07) is 0. The first-order valence-electron chi connectivity index (χ1n) is 7.17. The van der Waals surface area contributed by atoms with Gasteiger partial charge in [0.2, 0.25) is 0 Å². The van der Waals surface area contributed by atoms with Crippen LogP contribution in [-0.4, -0.2) is 24.5 Å². The second-order valence-electron chi connectivity index (χ2n) is 6.46. The molecule has 0 aliphatic carbocycles. The van der Waals surface area contributed by atoms with E-state index >= 15 is 0 Å². The SMILES string of the molecule is CCC(C=C(F)B1OC(C)(C)C(C)(C)O1)CCC(F)(F)F. The normalized spacial score (nSPS) is 23.5. The minimum absolute atomic E-state index is 0.132. The first-order chi connectivity index (χ1) is 9.38. The van der Waals surface area contributed by atoms with E-state index < -0.39 is 42.6 Å². The quantitative estimate of drug-likeness (QED) is 0.534.